The zero-order valence-corrected chi connectivity index (χ0v) is 18.5. The highest BCUT2D eigenvalue weighted by atomic mass is 16.5. The van der Waals surface area contributed by atoms with Gasteiger partial charge in [-0.2, -0.15) is 0 Å². The number of amides is 4. The lowest BCUT2D eigenvalue weighted by Crippen LogP contribution is -2.50. The minimum atomic E-state index is -0.431. The van der Waals surface area contributed by atoms with Crippen molar-refractivity contribution in [2.24, 2.45) is 11.8 Å². The highest BCUT2D eigenvalue weighted by Crippen LogP contribution is 2.44. The number of urea groups is 1. The van der Waals surface area contributed by atoms with Crippen LogP contribution in [0.3, 0.4) is 0 Å². The summed E-state index contributed by atoms with van der Waals surface area (Å²) in [7, 11) is 3.89. The van der Waals surface area contributed by atoms with Crippen molar-refractivity contribution in [2.75, 3.05) is 27.2 Å². The molecule has 2 bridgehead atoms. The number of benzene rings is 1. The molecule has 6 unspecified atom stereocenters. The van der Waals surface area contributed by atoms with Crippen LogP contribution in [-0.2, 0) is 20.7 Å². The molecule has 3 heterocycles. The molecule has 0 saturated carbocycles. The predicted molar refractivity (Wildman–Crippen MR) is 117 cm³/mol. The maximum Gasteiger partial charge on any atom is 0.315 e. The van der Waals surface area contributed by atoms with Crippen molar-refractivity contribution in [3.05, 3.63) is 42.0 Å². The van der Waals surface area contributed by atoms with Crippen LogP contribution >= 0.6 is 0 Å². The third kappa shape index (κ3) is 4.35. The summed E-state index contributed by atoms with van der Waals surface area (Å²) in [6, 6.07) is 6.34. The normalized spacial score (nSPS) is 27.7. The first kappa shape index (κ1) is 22.3. The largest absolute Gasteiger partial charge is 0.508 e. The first-order valence-electron chi connectivity index (χ1n) is 10.9. The standard InChI is InChI=1S/C23H30N4O5/c1-13(12-27-21(29)19-17-8-9-18(32-17)20(19)22(27)30)25-23(31)24-11-15(26(2)3)10-14-4-6-16(28)7-5-14/h4-9,13,15,17-20,28H,10-12H2,1-3H3,(H2,24,25,31). The van der Waals surface area contributed by atoms with E-state index in [9.17, 15) is 19.5 Å². The maximum absolute atomic E-state index is 12.7. The summed E-state index contributed by atoms with van der Waals surface area (Å²) >= 11 is 0. The van der Waals surface area contributed by atoms with Crippen LogP contribution in [-0.4, -0.2) is 84.2 Å². The van der Waals surface area contributed by atoms with Crippen LogP contribution < -0.4 is 10.6 Å². The zero-order chi connectivity index (χ0) is 23.0. The molecule has 4 rings (SSSR count). The van der Waals surface area contributed by atoms with Crippen LogP contribution in [0.2, 0.25) is 0 Å². The number of likely N-dealkylation sites (N-methyl/N-ethyl adjacent to an activating group) is 1. The van der Waals surface area contributed by atoms with Gasteiger partial charge in [-0.1, -0.05) is 24.3 Å². The predicted octanol–water partition coefficient (Wildman–Crippen LogP) is 0.491. The van der Waals surface area contributed by atoms with Gasteiger partial charge >= 0.3 is 6.03 Å². The number of hydrogen-bond donors (Lipinski definition) is 3. The lowest BCUT2D eigenvalue weighted by Gasteiger charge is -2.26. The molecule has 0 radical (unpaired) electrons. The van der Waals surface area contributed by atoms with Gasteiger partial charge in [-0.3, -0.25) is 14.5 Å². The van der Waals surface area contributed by atoms with E-state index in [1.807, 2.05) is 43.3 Å². The fourth-order valence-corrected chi connectivity index (χ4v) is 4.69. The second-order valence-electron chi connectivity index (χ2n) is 9.03. The van der Waals surface area contributed by atoms with E-state index in [4.69, 9.17) is 4.74 Å². The summed E-state index contributed by atoms with van der Waals surface area (Å²) in [6.07, 6.45) is 3.80. The van der Waals surface area contributed by atoms with Gasteiger partial charge in [0.2, 0.25) is 11.8 Å². The molecule has 2 fully saturated rings. The Morgan fingerprint density at radius 2 is 1.72 bits per heavy atom. The van der Waals surface area contributed by atoms with Crippen LogP contribution in [0.5, 0.6) is 5.75 Å². The van der Waals surface area contributed by atoms with Crippen molar-refractivity contribution in [3.63, 3.8) is 0 Å². The first-order valence-corrected chi connectivity index (χ1v) is 10.9. The topological polar surface area (TPSA) is 111 Å². The number of nitrogens with one attached hydrogen (secondary N) is 2. The average molecular weight is 443 g/mol. The van der Waals surface area contributed by atoms with E-state index in [0.29, 0.717) is 13.0 Å². The Morgan fingerprint density at radius 1 is 1.12 bits per heavy atom. The average Bonchev–Trinajstić information content (AvgIpc) is 3.42. The first-order chi connectivity index (χ1) is 15.2. The quantitative estimate of drug-likeness (QED) is 0.399. The van der Waals surface area contributed by atoms with Crippen LogP contribution in [0.25, 0.3) is 0 Å². The minimum Gasteiger partial charge on any atom is -0.508 e. The number of likely N-dealkylation sites (tertiary alicyclic amines) is 1. The SMILES string of the molecule is CC(CN1C(=O)C2C3C=CC(O3)C2C1=O)NC(=O)NCC(Cc1ccc(O)cc1)N(C)C. The lowest BCUT2D eigenvalue weighted by atomic mass is 9.85. The number of nitrogens with zero attached hydrogens (tertiary/aromatic N) is 2. The second-order valence-corrected chi connectivity index (χ2v) is 9.03. The van der Waals surface area contributed by atoms with Crippen LogP contribution in [0, 0.1) is 11.8 Å². The van der Waals surface area contributed by atoms with Crippen LogP contribution in [0.1, 0.15) is 12.5 Å². The monoisotopic (exact) mass is 442 g/mol. The fourth-order valence-electron chi connectivity index (χ4n) is 4.69. The minimum absolute atomic E-state index is 0.0599. The number of imide groups is 1. The highest BCUT2D eigenvalue weighted by Gasteiger charge is 2.60. The molecule has 6 atom stereocenters. The molecule has 9 heteroatoms. The Labute approximate surface area is 187 Å². The van der Waals surface area contributed by atoms with Crippen molar-refractivity contribution >= 4 is 17.8 Å². The van der Waals surface area contributed by atoms with Gasteiger partial charge in [0.15, 0.2) is 0 Å². The van der Waals surface area contributed by atoms with Gasteiger partial charge in [0.1, 0.15) is 5.75 Å². The van der Waals surface area contributed by atoms with Crippen molar-refractivity contribution in [3.8, 4) is 5.75 Å². The van der Waals surface area contributed by atoms with Crippen molar-refractivity contribution in [2.45, 2.75) is 37.6 Å². The molecule has 0 spiro atoms. The summed E-state index contributed by atoms with van der Waals surface area (Å²) < 4.78 is 5.64. The molecule has 3 aliphatic rings. The van der Waals surface area contributed by atoms with E-state index >= 15 is 0 Å². The maximum atomic E-state index is 12.7. The molecule has 1 aromatic rings. The molecular weight excluding hydrogens is 412 g/mol. The molecule has 3 N–H and O–H groups in total. The van der Waals surface area contributed by atoms with Crippen LogP contribution in [0.4, 0.5) is 4.79 Å². The molecule has 2 saturated heterocycles. The van der Waals surface area contributed by atoms with Gasteiger partial charge in [0.05, 0.1) is 24.0 Å². The van der Waals surface area contributed by atoms with Crippen molar-refractivity contribution in [1.29, 1.82) is 0 Å². The number of hydrogen-bond acceptors (Lipinski definition) is 6. The summed E-state index contributed by atoms with van der Waals surface area (Å²) in [4.78, 5) is 41.2. The smallest absolute Gasteiger partial charge is 0.315 e. The second kappa shape index (κ2) is 8.91. The van der Waals surface area contributed by atoms with E-state index in [1.54, 1.807) is 19.1 Å². The number of carbonyl (C=O) groups excluding carboxylic acids is 3. The molecule has 4 amide bonds. The summed E-state index contributed by atoms with van der Waals surface area (Å²) in [5, 5.41) is 15.1. The molecule has 0 aliphatic carbocycles. The lowest BCUT2D eigenvalue weighted by molar-refractivity contribution is -0.142. The number of phenols is 1. The zero-order valence-electron chi connectivity index (χ0n) is 18.5. The summed E-state index contributed by atoms with van der Waals surface area (Å²) in [5.74, 6) is -1.07. The fraction of sp³-hybridized carbons (Fsp3) is 0.522. The van der Waals surface area contributed by atoms with E-state index in [0.717, 1.165) is 5.56 Å². The summed E-state index contributed by atoms with van der Waals surface area (Å²) in [6.45, 7) is 2.34. The Morgan fingerprint density at radius 3 is 2.28 bits per heavy atom. The molecular formula is C23H30N4O5. The third-order valence-electron chi connectivity index (χ3n) is 6.47. The van der Waals surface area contributed by atoms with E-state index < -0.39 is 11.8 Å². The Hall–Kier alpha value is -2.91. The number of carbonyl (C=O) groups is 3. The van der Waals surface area contributed by atoms with Gasteiger partial charge in [-0.15, -0.1) is 0 Å². The number of rotatable bonds is 8. The van der Waals surface area contributed by atoms with Crippen LogP contribution in [0.15, 0.2) is 36.4 Å². The van der Waals surface area contributed by atoms with Crippen molar-refractivity contribution < 1.29 is 24.2 Å². The number of fused-ring (bicyclic) bond motifs is 5. The number of ether oxygens (including phenoxy) is 1. The van der Waals surface area contributed by atoms with Gasteiger partial charge in [-0.05, 0) is 45.1 Å². The van der Waals surface area contributed by atoms with E-state index in [2.05, 4.69) is 10.6 Å². The Balaban J connectivity index is 1.26. The van der Waals surface area contributed by atoms with Gasteiger partial charge < -0.3 is 25.4 Å². The number of phenolic OH excluding ortho intramolecular Hbond substituents is 1. The highest BCUT2D eigenvalue weighted by molar-refractivity contribution is 6.06. The van der Waals surface area contributed by atoms with E-state index in [-0.39, 0.29) is 54.4 Å². The molecule has 32 heavy (non-hydrogen) atoms. The third-order valence-corrected chi connectivity index (χ3v) is 6.47. The van der Waals surface area contributed by atoms with Crippen molar-refractivity contribution in [1.82, 2.24) is 20.4 Å². The van der Waals surface area contributed by atoms with Gasteiger partial charge in [0.25, 0.3) is 0 Å². The molecule has 0 aromatic heterocycles. The molecule has 1 aromatic carbocycles. The van der Waals surface area contributed by atoms with Gasteiger partial charge in [0, 0.05) is 25.2 Å². The summed E-state index contributed by atoms with van der Waals surface area (Å²) in [5.41, 5.74) is 1.06. The van der Waals surface area contributed by atoms with E-state index in [1.165, 1.54) is 4.90 Å². The number of aromatic hydroxyl groups is 1. The molecule has 9 nitrogen and oxygen atoms in total. The molecule has 3 aliphatic heterocycles. The Kier molecular flexibility index (Phi) is 6.21. The molecule has 172 valence electrons. The van der Waals surface area contributed by atoms with Gasteiger partial charge in [-0.25, -0.2) is 4.79 Å². The Bertz CT molecular complexity index is 885.